The number of rotatable bonds is 2. The third-order valence-electron chi connectivity index (χ3n) is 2.51. The molecule has 2 N–H and O–H groups in total. The molecule has 2 unspecified atom stereocenters. The zero-order valence-electron chi connectivity index (χ0n) is 12.8. The van der Waals surface area contributed by atoms with Gasteiger partial charge in [-0.2, -0.15) is 0 Å². The molecule has 0 spiro atoms. The molecule has 2 atom stereocenters. The molecule has 0 aromatic carbocycles. The first-order chi connectivity index (χ1) is 9.00. The molecule has 1 heterocycles. The molecule has 1 fully saturated rings. The van der Waals surface area contributed by atoms with Gasteiger partial charge in [-0.25, -0.2) is 0 Å². The summed E-state index contributed by atoms with van der Waals surface area (Å²) in [4.78, 5) is 18.0. The van der Waals surface area contributed by atoms with Gasteiger partial charge >= 0.3 is 108 Å². The molecule has 0 radical (unpaired) electrons. The Morgan fingerprint density at radius 3 is 1.25 bits per heavy atom. The van der Waals surface area contributed by atoms with Gasteiger partial charge < -0.3 is 10.2 Å². The van der Waals surface area contributed by atoms with Crippen molar-refractivity contribution in [1.29, 1.82) is 0 Å². The summed E-state index contributed by atoms with van der Waals surface area (Å²) in [6.07, 6.45) is 0. The summed E-state index contributed by atoms with van der Waals surface area (Å²) in [5, 5.41) is 14.8. The summed E-state index contributed by atoms with van der Waals surface area (Å²) in [6, 6.07) is 0. The summed E-state index contributed by atoms with van der Waals surface area (Å²) in [5.41, 5.74) is 0.122. The van der Waals surface area contributed by atoms with E-state index in [-0.39, 0.29) is 11.2 Å². The summed E-state index contributed by atoms with van der Waals surface area (Å²) < 4.78 is 14.2. The van der Waals surface area contributed by atoms with E-state index in [0.717, 1.165) is 79.3 Å². The summed E-state index contributed by atoms with van der Waals surface area (Å²) in [7, 11) is 0. The predicted molar refractivity (Wildman–Crippen MR) is 64.9 cm³/mol. The Kier molecular flexibility index (Phi) is 13.0. The van der Waals surface area contributed by atoms with Gasteiger partial charge in [0.1, 0.15) is 0 Å². The molecular formula is C12H22Hg2O6. The Bertz CT molecular complexity index is 262. The van der Waals surface area contributed by atoms with Crippen molar-refractivity contribution < 1.29 is 81.5 Å². The minimum atomic E-state index is -0.833. The van der Waals surface area contributed by atoms with Crippen LogP contribution >= 0.6 is 0 Å². The SMILES string of the molecule is CC(=O)O.CC(=O)O.CC1([CH2][Hg])COC(C)([CH2][Hg])CO1. The van der Waals surface area contributed by atoms with Crippen molar-refractivity contribution in [2.45, 2.75) is 46.8 Å². The number of carboxylic acids is 2. The van der Waals surface area contributed by atoms with E-state index in [4.69, 9.17) is 29.3 Å². The zero-order valence-corrected chi connectivity index (χ0v) is 23.8. The molecule has 1 saturated heterocycles. The number of hydrogen-bond donors (Lipinski definition) is 2. The Balaban J connectivity index is 0. The molecule has 0 amide bonds. The Morgan fingerprint density at radius 1 is 0.950 bits per heavy atom. The van der Waals surface area contributed by atoms with Crippen LogP contribution in [0.5, 0.6) is 0 Å². The number of hydrogen-bond acceptors (Lipinski definition) is 4. The van der Waals surface area contributed by atoms with Crippen molar-refractivity contribution in [3.8, 4) is 0 Å². The monoisotopic (exact) mass is 666 g/mol. The first-order valence-corrected chi connectivity index (χ1v) is 14.0. The van der Waals surface area contributed by atoms with Crippen LogP contribution in [-0.2, 0) is 71.3 Å². The number of aliphatic carboxylic acids is 2. The zero-order chi connectivity index (χ0) is 16.4. The molecule has 20 heavy (non-hydrogen) atoms. The van der Waals surface area contributed by atoms with Gasteiger partial charge in [-0.1, -0.05) is 0 Å². The van der Waals surface area contributed by atoms with Crippen LogP contribution in [0.2, 0.25) is 7.86 Å². The molecule has 6 nitrogen and oxygen atoms in total. The number of carbonyl (C=O) groups is 2. The molecule has 0 bridgehead atoms. The van der Waals surface area contributed by atoms with Crippen molar-refractivity contribution in [2.24, 2.45) is 0 Å². The van der Waals surface area contributed by atoms with E-state index in [0.29, 0.717) is 0 Å². The van der Waals surface area contributed by atoms with Crippen molar-refractivity contribution in [3.05, 3.63) is 0 Å². The van der Waals surface area contributed by atoms with Crippen LogP contribution in [0.25, 0.3) is 0 Å². The summed E-state index contributed by atoms with van der Waals surface area (Å²) in [6.45, 7) is 8.14. The third kappa shape index (κ3) is 13.7. The van der Waals surface area contributed by atoms with Crippen LogP contribution in [0.15, 0.2) is 0 Å². The van der Waals surface area contributed by atoms with Gasteiger partial charge in [-0.05, 0) is 0 Å². The topological polar surface area (TPSA) is 93.1 Å². The third-order valence-corrected chi connectivity index (χ3v) is 10.7. The molecule has 0 aliphatic carbocycles. The van der Waals surface area contributed by atoms with Gasteiger partial charge in [0.25, 0.3) is 11.9 Å². The molecular weight excluding hydrogens is 641 g/mol. The second-order valence-corrected chi connectivity index (χ2v) is 8.90. The second-order valence-electron chi connectivity index (χ2n) is 5.02. The predicted octanol–water partition coefficient (Wildman–Crippen LogP) is 1.66. The molecule has 1 aliphatic heterocycles. The molecule has 0 aromatic heterocycles. The van der Waals surface area contributed by atoms with Crippen molar-refractivity contribution in [1.82, 2.24) is 0 Å². The van der Waals surface area contributed by atoms with E-state index in [2.05, 4.69) is 13.8 Å². The fourth-order valence-electron chi connectivity index (χ4n) is 1.03. The van der Waals surface area contributed by atoms with Gasteiger partial charge in [0.15, 0.2) is 0 Å². The summed E-state index contributed by atoms with van der Waals surface area (Å²) in [5.74, 6) is -1.67. The van der Waals surface area contributed by atoms with Crippen LogP contribution < -0.4 is 0 Å². The van der Waals surface area contributed by atoms with E-state index in [1.807, 2.05) is 0 Å². The average molecular weight is 663 g/mol. The molecule has 0 saturated carbocycles. The van der Waals surface area contributed by atoms with E-state index in [9.17, 15) is 0 Å². The Labute approximate surface area is 152 Å². The fourth-order valence-corrected chi connectivity index (χ4v) is 3.27. The summed E-state index contributed by atoms with van der Waals surface area (Å²) >= 11 is 1.63. The van der Waals surface area contributed by atoms with Crippen LogP contribution in [0.4, 0.5) is 0 Å². The van der Waals surface area contributed by atoms with Gasteiger partial charge in [-0.15, -0.1) is 0 Å². The molecule has 8 heteroatoms. The van der Waals surface area contributed by atoms with E-state index in [1.165, 1.54) is 7.86 Å². The Hall–Kier alpha value is 0.730. The molecule has 0 aromatic rings. The average Bonchev–Trinajstić information content (AvgIpc) is 2.32. The standard InChI is InChI=1S/C8H14O2.2C2H4O2.2Hg/c1-7(2)5-10-8(3,4)6-9-7;2*1-2(3)4;;/h1,3,5-6H2,2,4H3;2*1H3,(H,3,4);;. The normalized spacial score (nSPS) is 28.4. The second kappa shape index (κ2) is 11.3. The Morgan fingerprint density at radius 2 is 1.15 bits per heavy atom. The van der Waals surface area contributed by atoms with Gasteiger partial charge in [0.05, 0.1) is 0 Å². The first kappa shape index (κ1) is 23.0. The first-order valence-electron chi connectivity index (χ1n) is 6.26. The van der Waals surface area contributed by atoms with Crippen molar-refractivity contribution in [2.75, 3.05) is 13.2 Å². The van der Waals surface area contributed by atoms with Crippen molar-refractivity contribution >= 4 is 11.9 Å². The fraction of sp³-hybridized carbons (Fsp3) is 0.833. The van der Waals surface area contributed by atoms with Crippen LogP contribution in [0, 0.1) is 0 Å². The maximum atomic E-state index is 9.00. The maximum absolute atomic E-state index is 9.00. The van der Waals surface area contributed by atoms with Gasteiger partial charge in [0, 0.05) is 13.8 Å². The van der Waals surface area contributed by atoms with Crippen LogP contribution in [0.1, 0.15) is 27.7 Å². The van der Waals surface area contributed by atoms with Gasteiger partial charge in [0.2, 0.25) is 0 Å². The quantitative estimate of drug-likeness (QED) is 0.437. The number of ether oxygens (including phenoxy) is 2. The van der Waals surface area contributed by atoms with E-state index >= 15 is 0 Å². The number of carboxylic acid groups (broad SMARTS) is 2. The van der Waals surface area contributed by atoms with E-state index < -0.39 is 11.9 Å². The van der Waals surface area contributed by atoms with Crippen LogP contribution in [0.3, 0.4) is 0 Å². The van der Waals surface area contributed by atoms with E-state index in [1.54, 1.807) is 0 Å². The molecule has 1 aliphatic rings. The van der Waals surface area contributed by atoms with Crippen LogP contribution in [-0.4, -0.2) is 46.6 Å². The minimum absolute atomic E-state index is 0.0611. The molecule has 110 valence electrons. The molecule has 1 rings (SSSR count). The van der Waals surface area contributed by atoms with Gasteiger partial charge in [-0.3, -0.25) is 9.59 Å². The van der Waals surface area contributed by atoms with Crippen molar-refractivity contribution in [3.63, 3.8) is 0 Å².